The third kappa shape index (κ3) is 8.23. The van der Waals surface area contributed by atoms with Crippen molar-refractivity contribution in [2.45, 2.75) is 51.5 Å². The topological polar surface area (TPSA) is 121 Å². The van der Waals surface area contributed by atoms with Gasteiger partial charge < -0.3 is 29.9 Å². The number of nitrogens with one attached hydrogen (secondary N) is 1. The number of aliphatic carboxylic acids is 1. The summed E-state index contributed by atoms with van der Waals surface area (Å²) in [5.41, 5.74) is 3.67. The molecule has 0 aliphatic carbocycles. The van der Waals surface area contributed by atoms with E-state index in [1.54, 1.807) is 54.2 Å². The van der Waals surface area contributed by atoms with E-state index in [2.05, 4.69) is 5.32 Å². The molecule has 8 nitrogen and oxygen atoms in total. The number of aliphatic hydroxyl groups is 2. The number of rotatable bonds is 13. The van der Waals surface area contributed by atoms with Crippen molar-refractivity contribution in [3.05, 3.63) is 107 Å². The van der Waals surface area contributed by atoms with Gasteiger partial charge in [0.25, 0.3) is 5.91 Å². The van der Waals surface area contributed by atoms with Crippen LogP contribution < -0.4 is 10.1 Å². The first-order valence-corrected chi connectivity index (χ1v) is 14.5. The Labute approximate surface area is 260 Å². The van der Waals surface area contributed by atoms with Crippen LogP contribution in [0.2, 0.25) is 0 Å². The monoisotopic (exact) mass is 618 g/mol. The first kappa shape index (κ1) is 33.1. The number of carboxylic acids is 1. The van der Waals surface area contributed by atoms with E-state index in [0.29, 0.717) is 33.7 Å². The van der Waals surface area contributed by atoms with Crippen molar-refractivity contribution in [3.8, 4) is 28.0 Å². The molecule has 0 unspecified atom stereocenters. The van der Waals surface area contributed by atoms with Gasteiger partial charge in [-0.2, -0.15) is 0 Å². The highest BCUT2D eigenvalue weighted by Gasteiger charge is 2.29. The molecule has 45 heavy (non-hydrogen) atoms. The van der Waals surface area contributed by atoms with E-state index in [4.69, 9.17) is 9.84 Å². The second-order valence-corrected chi connectivity index (χ2v) is 10.9. The largest absolute Gasteiger partial charge is 0.497 e. The first-order chi connectivity index (χ1) is 21.5. The molecule has 0 fully saturated rings. The zero-order valence-corrected chi connectivity index (χ0v) is 25.2. The Balaban J connectivity index is 1.92. The molecule has 0 saturated heterocycles. The molecule has 2 atom stereocenters. The average molecular weight is 619 g/mol. The highest BCUT2D eigenvalue weighted by molar-refractivity contribution is 6.06. The van der Waals surface area contributed by atoms with Gasteiger partial charge in [0.2, 0.25) is 0 Å². The first-order valence-electron chi connectivity index (χ1n) is 14.5. The second kappa shape index (κ2) is 14.8. The summed E-state index contributed by atoms with van der Waals surface area (Å²) in [6, 6.07) is 18.4. The summed E-state index contributed by atoms with van der Waals surface area (Å²) in [6.07, 6.45) is -0.226. The number of carboxylic acid groups (broad SMARTS) is 1. The summed E-state index contributed by atoms with van der Waals surface area (Å²) in [6.45, 7) is 3.94. The summed E-state index contributed by atoms with van der Waals surface area (Å²) < 4.78 is 35.2. The number of amides is 1. The lowest BCUT2D eigenvalue weighted by Crippen LogP contribution is -2.27. The van der Waals surface area contributed by atoms with Crippen LogP contribution >= 0.6 is 0 Å². The molecule has 3 aromatic carbocycles. The number of nitrogens with zero attached hydrogens (tertiary/aromatic N) is 1. The van der Waals surface area contributed by atoms with Crippen molar-refractivity contribution in [1.29, 1.82) is 0 Å². The van der Waals surface area contributed by atoms with Crippen molar-refractivity contribution in [2.24, 2.45) is 0 Å². The molecule has 4 aromatic rings. The quantitative estimate of drug-likeness (QED) is 0.141. The van der Waals surface area contributed by atoms with Crippen LogP contribution in [0.15, 0.2) is 78.9 Å². The van der Waals surface area contributed by atoms with Gasteiger partial charge in [-0.25, -0.2) is 8.78 Å². The number of hydrogen-bond donors (Lipinski definition) is 4. The maximum absolute atomic E-state index is 14.1. The Hall–Kier alpha value is -4.80. The lowest BCUT2D eigenvalue weighted by molar-refractivity contribution is -0.139. The van der Waals surface area contributed by atoms with E-state index in [0.717, 1.165) is 5.56 Å². The lowest BCUT2D eigenvalue weighted by atomic mass is 9.94. The molecule has 4 N–H and O–H groups in total. The molecule has 0 aliphatic rings. The third-order valence-corrected chi connectivity index (χ3v) is 7.23. The number of methoxy groups -OCH3 is 1. The number of halogens is 2. The van der Waals surface area contributed by atoms with Crippen LogP contribution in [0.3, 0.4) is 0 Å². The van der Waals surface area contributed by atoms with Crippen LogP contribution in [0.1, 0.15) is 54.5 Å². The normalized spacial score (nSPS) is 12.8. The van der Waals surface area contributed by atoms with E-state index >= 15 is 0 Å². The molecule has 0 spiro atoms. The minimum atomic E-state index is -1.27. The second-order valence-electron chi connectivity index (χ2n) is 10.9. The van der Waals surface area contributed by atoms with Gasteiger partial charge in [0.15, 0.2) is 0 Å². The smallest absolute Gasteiger partial charge is 0.305 e. The number of carbonyl (C=O) groups is 2. The zero-order valence-electron chi connectivity index (χ0n) is 25.2. The zero-order chi connectivity index (χ0) is 32.7. The van der Waals surface area contributed by atoms with Crippen LogP contribution in [0, 0.1) is 11.6 Å². The Bertz CT molecular complexity index is 1660. The van der Waals surface area contributed by atoms with Crippen molar-refractivity contribution >= 4 is 18.0 Å². The van der Waals surface area contributed by atoms with Gasteiger partial charge in [0, 0.05) is 35.8 Å². The molecular weight excluding hydrogens is 582 g/mol. The molecule has 10 heteroatoms. The standard InChI is InChI=1S/C35H36F2N2O6/c1-21(2)39-30(16-15-27(40)18-28(41)19-31(42)43)32(23-7-11-25(36)12-8-23)33(24-9-13-26(37)14-10-24)34(39)35(44)38-20-22-5-4-6-29(17-22)45-3/h4-17,21,27-28,40-41H,18-20H2,1-3H3,(H,38,44)(H,42,43)/t27-,28+/m0/s1. The van der Waals surface area contributed by atoms with E-state index < -0.39 is 42.1 Å². The molecule has 0 bridgehead atoms. The van der Waals surface area contributed by atoms with E-state index in [9.17, 15) is 28.6 Å². The minimum absolute atomic E-state index is 0.180. The number of hydrogen-bond acceptors (Lipinski definition) is 5. The van der Waals surface area contributed by atoms with Crippen molar-refractivity contribution < 1.29 is 38.4 Å². The number of carbonyl (C=O) groups excluding carboxylic acids is 1. The highest BCUT2D eigenvalue weighted by atomic mass is 19.1. The highest BCUT2D eigenvalue weighted by Crippen LogP contribution is 2.42. The number of aliphatic hydroxyl groups excluding tert-OH is 2. The summed E-state index contributed by atoms with van der Waals surface area (Å²) in [4.78, 5) is 25.1. The molecule has 236 valence electrons. The van der Waals surface area contributed by atoms with Gasteiger partial charge in [0.1, 0.15) is 23.1 Å². The summed E-state index contributed by atoms with van der Waals surface area (Å²) in [5.74, 6) is -1.90. The van der Waals surface area contributed by atoms with E-state index in [-0.39, 0.29) is 24.7 Å². The third-order valence-electron chi connectivity index (χ3n) is 7.23. The van der Waals surface area contributed by atoms with Crippen LogP contribution in [0.5, 0.6) is 5.75 Å². The molecule has 4 rings (SSSR count). The van der Waals surface area contributed by atoms with Crippen LogP contribution in [0.4, 0.5) is 8.78 Å². The van der Waals surface area contributed by atoms with E-state index in [1.807, 2.05) is 26.0 Å². The lowest BCUT2D eigenvalue weighted by Gasteiger charge is -2.17. The Kier molecular flexibility index (Phi) is 10.9. The molecule has 1 amide bonds. The van der Waals surface area contributed by atoms with Gasteiger partial charge in [-0.1, -0.05) is 42.5 Å². The predicted octanol–water partition coefficient (Wildman–Crippen LogP) is 6.22. The Morgan fingerprint density at radius 2 is 1.53 bits per heavy atom. The maximum Gasteiger partial charge on any atom is 0.305 e. The van der Waals surface area contributed by atoms with Gasteiger partial charge in [0.05, 0.1) is 25.7 Å². The number of aromatic nitrogens is 1. The fraction of sp³-hybridized carbons (Fsp3) is 0.257. The summed E-state index contributed by atoms with van der Waals surface area (Å²) in [7, 11) is 1.55. The fourth-order valence-electron chi connectivity index (χ4n) is 5.23. The van der Waals surface area contributed by atoms with Crippen LogP contribution in [0.25, 0.3) is 28.3 Å². The average Bonchev–Trinajstić information content (AvgIpc) is 3.34. The van der Waals surface area contributed by atoms with Gasteiger partial charge in [-0.3, -0.25) is 9.59 Å². The van der Waals surface area contributed by atoms with Crippen molar-refractivity contribution in [3.63, 3.8) is 0 Å². The number of ether oxygens (including phenoxy) is 1. The Morgan fingerprint density at radius 1 is 0.933 bits per heavy atom. The number of benzene rings is 3. The minimum Gasteiger partial charge on any atom is -0.497 e. The van der Waals surface area contributed by atoms with Gasteiger partial charge in [-0.15, -0.1) is 0 Å². The summed E-state index contributed by atoms with van der Waals surface area (Å²) in [5, 5.41) is 32.7. The SMILES string of the molecule is COc1cccc(CNC(=O)c2c(-c3ccc(F)cc3)c(-c3ccc(F)cc3)c(C=C[C@H](O)C[C@@H](O)CC(=O)O)n2C(C)C)c1. The maximum atomic E-state index is 14.1. The molecule has 1 aromatic heterocycles. The van der Waals surface area contributed by atoms with Gasteiger partial charge >= 0.3 is 5.97 Å². The van der Waals surface area contributed by atoms with Crippen molar-refractivity contribution in [2.75, 3.05) is 7.11 Å². The molecule has 0 aliphatic heterocycles. The van der Waals surface area contributed by atoms with Crippen molar-refractivity contribution in [1.82, 2.24) is 9.88 Å². The van der Waals surface area contributed by atoms with Gasteiger partial charge in [-0.05, 0) is 73.0 Å². The van der Waals surface area contributed by atoms with Crippen LogP contribution in [-0.2, 0) is 11.3 Å². The molecule has 1 heterocycles. The fourth-order valence-corrected chi connectivity index (χ4v) is 5.23. The molecular formula is C35H36F2N2O6. The molecule has 0 radical (unpaired) electrons. The predicted molar refractivity (Wildman–Crippen MR) is 168 cm³/mol. The molecule has 0 saturated carbocycles. The van der Waals surface area contributed by atoms with Crippen LogP contribution in [-0.4, -0.2) is 51.1 Å². The Morgan fingerprint density at radius 3 is 2.09 bits per heavy atom. The van der Waals surface area contributed by atoms with E-state index in [1.165, 1.54) is 30.3 Å². The summed E-state index contributed by atoms with van der Waals surface area (Å²) >= 11 is 0.